The number of benzene rings is 2. The second-order valence-electron chi connectivity index (χ2n) is 7.48. The standard InChI is InChI=1S/C22H27ClFN3O2/c1-15-14-27(11-12-29-15)20(21-18(23)5-4-6-19(21)24)13-25-22(28)16-7-9-17(10-8-16)26(2)3/h4-10,15,20H,11-14H2,1-3H3,(H,25,28). The second kappa shape index (κ2) is 9.57. The van der Waals surface area contributed by atoms with Crippen LogP contribution < -0.4 is 10.2 Å². The van der Waals surface area contributed by atoms with Gasteiger partial charge in [0.15, 0.2) is 0 Å². The van der Waals surface area contributed by atoms with E-state index < -0.39 is 0 Å². The molecule has 0 bridgehead atoms. The van der Waals surface area contributed by atoms with Crippen LogP contribution in [0, 0.1) is 5.82 Å². The van der Waals surface area contributed by atoms with Gasteiger partial charge in [-0.1, -0.05) is 17.7 Å². The van der Waals surface area contributed by atoms with Crippen LogP contribution >= 0.6 is 11.6 Å². The van der Waals surface area contributed by atoms with E-state index in [1.54, 1.807) is 24.3 Å². The number of hydrogen-bond acceptors (Lipinski definition) is 4. The molecule has 1 amide bonds. The molecule has 0 saturated carbocycles. The van der Waals surface area contributed by atoms with E-state index in [1.165, 1.54) is 6.07 Å². The van der Waals surface area contributed by atoms with Gasteiger partial charge in [-0.05, 0) is 43.3 Å². The molecule has 1 fully saturated rings. The Morgan fingerprint density at radius 2 is 2.03 bits per heavy atom. The molecule has 0 aromatic heterocycles. The summed E-state index contributed by atoms with van der Waals surface area (Å²) in [6, 6.07) is 11.6. The van der Waals surface area contributed by atoms with Gasteiger partial charge < -0.3 is 15.0 Å². The molecule has 3 rings (SSSR count). The normalized spacial score (nSPS) is 18.3. The number of nitrogens with one attached hydrogen (secondary N) is 1. The maximum atomic E-state index is 14.7. The third kappa shape index (κ3) is 5.26. The first kappa shape index (κ1) is 21.6. The minimum absolute atomic E-state index is 0.0334. The van der Waals surface area contributed by atoms with Gasteiger partial charge in [-0.2, -0.15) is 0 Å². The summed E-state index contributed by atoms with van der Waals surface area (Å²) in [5.74, 6) is -0.569. The molecule has 0 aliphatic carbocycles. The Morgan fingerprint density at radius 3 is 2.66 bits per heavy atom. The molecule has 29 heavy (non-hydrogen) atoms. The van der Waals surface area contributed by atoms with Crippen molar-refractivity contribution in [1.82, 2.24) is 10.2 Å². The quantitative estimate of drug-likeness (QED) is 0.774. The number of amides is 1. The summed E-state index contributed by atoms with van der Waals surface area (Å²) in [7, 11) is 3.89. The molecular formula is C22H27ClFN3O2. The molecule has 1 saturated heterocycles. The third-order valence-electron chi connectivity index (χ3n) is 5.15. The van der Waals surface area contributed by atoms with Crippen molar-refractivity contribution in [3.8, 4) is 0 Å². The molecule has 1 aliphatic rings. The molecule has 1 N–H and O–H groups in total. The van der Waals surface area contributed by atoms with Crippen molar-refractivity contribution in [1.29, 1.82) is 0 Å². The van der Waals surface area contributed by atoms with Crippen LogP contribution in [0.25, 0.3) is 0 Å². The van der Waals surface area contributed by atoms with Crippen molar-refractivity contribution in [2.75, 3.05) is 45.2 Å². The Kier molecular flexibility index (Phi) is 7.11. The molecule has 2 aromatic rings. The zero-order chi connectivity index (χ0) is 21.0. The lowest BCUT2D eigenvalue weighted by Gasteiger charge is -2.38. The van der Waals surface area contributed by atoms with Gasteiger partial charge >= 0.3 is 0 Å². The van der Waals surface area contributed by atoms with Crippen LogP contribution in [0.2, 0.25) is 5.02 Å². The Balaban J connectivity index is 1.79. The molecule has 0 spiro atoms. The van der Waals surface area contributed by atoms with Gasteiger partial charge in [0.1, 0.15) is 5.82 Å². The van der Waals surface area contributed by atoms with Gasteiger partial charge in [0.25, 0.3) is 5.91 Å². The third-order valence-corrected chi connectivity index (χ3v) is 5.48. The van der Waals surface area contributed by atoms with Gasteiger partial charge in [-0.15, -0.1) is 0 Å². The lowest BCUT2D eigenvalue weighted by atomic mass is 10.0. The summed E-state index contributed by atoms with van der Waals surface area (Å²) in [6.07, 6.45) is 0.0334. The van der Waals surface area contributed by atoms with Crippen LogP contribution in [0.1, 0.15) is 28.9 Å². The van der Waals surface area contributed by atoms with Gasteiger partial charge in [-0.25, -0.2) is 4.39 Å². The fourth-order valence-electron chi connectivity index (χ4n) is 3.57. The molecule has 156 valence electrons. The monoisotopic (exact) mass is 419 g/mol. The summed E-state index contributed by atoms with van der Waals surface area (Å²) in [4.78, 5) is 16.8. The number of carbonyl (C=O) groups is 1. The average molecular weight is 420 g/mol. The van der Waals surface area contributed by atoms with E-state index in [2.05, 4.69) is 10.2 Å². The smallest absolute Gasteiger partial charge is 0.251 e. The molecule has 0 radical (unpaired) electrons. The van der Waals surface area contributed by atoms with Gasteiger partial charge in [0.2, 0.25) is 0 Å². The highest BCUT2D eigenvalue weighted by Crippen LogP contribution is 2.31. The van der Waals surface area contributed by atoms with E-state index in [-0.39, 0.29) is 30.4 Å². The molecule has 1 aliphatic heterocycles. The Labute approximate surface area is 176 Å². The number of hydrogen-bond donors (Lipinski definition) is 1. The Bertz CT molecular complexity index is 824. The van der Waals surface area contributed by atoms with Gasteiger partial charge in [-0.3, -0.25) is 9.69 Å². The van der Waals surface area contributed by atoms with Crippen molar-refractivity contribution in [2.24, 2.45) is 0 Å². The summed E-state index contributed by atoms with van der Waals surface area (Å²) in [5.41, 5.74) is 1.98. The van der Waals surface area contributed by atoms with Gasteiger partial charge in [0.05, 0.1) is 18.8 Å². The predicted octanol–water partition coefficient (Wildman–Crippen LogP) is 3.74. The lowest BCUT2D eigenvalue weighted by molar-refractivity contribution is -0.0346. The van der Waals surface area contributed by atoms with Crippen LogP contribution in [-0.2, 0) is 4.74 Å². The van der Waals surface area contributed by atoms with E-state index in [9.17, 15) is 9.18 Å². The topological polar surface area (TPSA) is 44.8 Å². The largest absolute Gasteiger partial charge is 0.378 e. The fourth-order valence-corrected chi connectivity index (χ4v) is 3.86. The number of rotatable bonds is 6. The second-order valence-corrected chi connectivity index (χ2v) is 7.89. The van der Waals surface area contributed by atoms with Crippen LogP contribution in [0.5, 0.6) is 0 Å². The number of morpholine rings is 1. The highest BCUT2D eigenvalue weighted by Gasteiger charge is 2.29. The SMILES string of the molecule is CC1CN(C(CNC(=O)c2ccc(N(C)C)cc2)c2c(F)cccc2Cl)CCO1. The van der Waals surface area contributed by atoms with Crippen LogP contribution in [0.15, 0.2) is 42.5 Å². The van der Waals surface area contributed by atoms with Crippen molar-refractivity contribution >= 4 is 23.2 Å². The summed E-state index contributed by atoms with van der Waals surface area (Å²) >= 11 is 6.34. The molecule has 2 atom stereocenters. The Morgan fingerprint density at radius 1 is 1.31 bits per heavy atom. The minimum Gasteiger partial charge on any atom is -0.378 e. The highest BCUT2D eigenvalue weighted by atomic mass is 35.5. The number of anilines is 1. The first-order chi connectivity index (χ1) is 13.9. The van der Waals surface area contributed by atoms with E-state index in [4.69, 9.17) is 16.3 Å². The maximum absolute atomic E-state index is 14.7. The van der Waals surface area contributed by atoms with Crippen LogP contribution in [0.3, 0.4) is 0 Å². The number of carbonyl (C=O) groups excluding carboxylic acids is 1. The van der Waals surface area contributed by atoms with Crippen LogP contribution in [-0.4, -0.2) is 57.2 Å². The minimum atomic E-state index is -0.375. The number of nitrogens with zero attached hydrogens (tertiary/aromatic N) is 2. The van der Waals surface area contributed by atoms with Crippen molar-refractivity contribution in [3.63, 3.8) is 0 Å². The Hall–Kier alpha value is -2.15. The fraction of sp³-hybridized carbons (Fsp3) is 0.409. The molecule has 5 nitrogen and oxygen atoms in total. The van der Waals surface area contributed by atoms with E-state index in [1.807, 2.05) is 38.1 Å². The molecular weight excluding hydrogens is 393 g/mol. The molecule has 1 heterocycles. The van der Waals surface area contributed by atoms with Crippen molar-refractivity contribution < 1.29 is 13.9 Å². The van der Waals surface area contributed by atoms with Crippen molar-refractivity contribution in [2.45, 2.75) is 19.1 Å². The highest BCUT2D eigenvalue weighted by molar-refractivity contribution is 6.31. The summed E-state index contributed by atoms with van der Waals surface area (Å²) in [5, 5.41) is 3.31. The number of ether oxygens (including phenoxy) is 1. The first-order valence-electron chi connectivity index (χ1n) is 9.72. The molecule has 2 unspecified atom stereocenters. The zero-order valence-corrected chi connectivity index (χ0v) is 17.7. The zero-order valence-electron chi connectivity index (χ0n) is 17.0. The van der Waals surface area contributed by atoms with E-state index in [0.29, 0.717) is 35.8 Å². The first-order valence-corrected chi connectivity index (χ1v) is 10.1. The summed E-state index contributed by atoms with van der Waals surface area (Å²) in [6.45, 7) is 4.08. The predicted molar refractivity (Wildman–Crippen MR) is 114 cm³/mol. The lowest BCUT2D eigenvalue weighted by Crippen LogP contribution is -2.47. The van der Waals surface area contributed by atoms with E-state index in [0.717, 1.165) is 5.69 Å². The van der Waals surface area contributed by atoms with Crippen molar-refractivity contribution in [3.05, 3.63) is 64.4 Å². The summed E-state index contributed by atoms with van der Waals surface area (Å²) < 4.78 is 20.3. The molecule has 2 aromatic carbocycles. The number of halogens is 2. The van der Waals surface area contributed by atoms with Crippen LogP contribution in [0.4, 0.5) is 10.1 Å². The van der Waals surface area contributed by atoms with Gasteiger partial charge in [0, 0.05) is 55.6 Å². The molecule has 7 heteroatoms. The van der Waals surface area contributed by atoms with E-state index >= 15 is 0 Å². The maximum Gasteiger partial charge on any atom is 0.251 e. The average Bonchev–Trinajstić information content (AvgIpc) is 2.70.